The number of Topliss-reactive ketones (excluding diaryl/α,β-unsaturated/α-hetero) is 1. The van der Waals surface area contributed by atoms with Crippen LogP contribution in [0.4, 0.5) is 0 Å². The maximum Gasteiger partial charge on any atom is 0.192 e. The molecule has 1 aromatic rings. The highest BCUT2D eigenvalue weighted by Crippen LogP contribution is 2.28. The number of carbonyl (C=O) groups is 1. The third kappa shape index (κ3) is 2.23. The molecule has 15 heavy (non-hydrogen) atoms. The van der Waals surface area contributed by atoms with Crippen LogP contribution in [0.5, 0.6) is 0 Å². The average molecular weight is 246 g/mol. The molecule has 0 aliphatic carbocycles. The van der Waals surface area contributed by atoms with Gasteiger partial charge in [0.25, 0.3) is 0 Å². The number of carbonyl (C=O) groups excluding carboxylic acids is 1. The van der Waals surface area contributed by atoms with E-state index in [2.05, 4.69) is 0 Å². The fourth-order valence-corrected chi connectivity index (χ4v) is 2.73. The van der Waals surface area contributed by atoms with E-state index in [0.29, 0.717) is 35.3 Å². The SMILES string of the molecule is NC1(C(=O)c2ccc(Cl)s2)CCOCC1. The summed E-state index contributed by atoms with van der Waals surface area (Å²) in [5.74, 6) is -0.0114. The Morgan fingerprint density at radius 3 is 2.67 bits per heavy atom. The second-order valence-corrected chi connectivity index (χ2v) is 5.42. The van der Waals surface area contributed by atoms with E-state index in [1.54, 1.807) is 12.1 Å². The van der Waals surface area contributed by atoms with Crippen LogP contribution in [0.2, 0.25) is 4.34 Å². The predicted octanol–water partition coefficient (Wildman–Crippen LogP) is 2.09. The lowest BCUT2D eigenvalue weighted by molar-refractivity contribution is 0.0450. The Morgan fingerprint density at radius 1 is 1.47 bits per heavy atom. The van der Waals surface area contributed by atoms with Crippen molar-refractivity contribution in [2.45, 2.75) is 18.4 Å². The predicted molar refractivity (Wildman–Crippen MR) is 60.6 cm³/mol. The molecule has 0 radical (unpaired) electrons. The molecule has 5 heteroatoms. The van der Waals surface area contributed by atoms with Gasteiger partial charge in [-0.1, -0.05) is 11.6 Å². The number of ketones is 1. The van der Waals surface area contributed by atoms with Crippen molar-refractivity contribution in [2.75, 3.05) is 13.2 Å². The van der Waals surface area contributed by atoms with Crippen molar-refractivity contribution in [3.8, 4) is 0 Å². The lowest BCUT2D eigenvalue weighted by atomic mass is 9.86. The second kappa shape index (κ2) is 4.22. The standard InChI is InChI=1S/C10H12ClNO2S/c11-8-2-1-7(15-8)9(13)10(12)3-5-14-6-4-10/h1-2H,3-6,12H2. The first-order chi connectivity index (χ1) is 7.12. The van der Waals surface area contributed by atoms with Crippen LogP contribution in [0.1, 0.15) is 22.5 Å². The van der Waals surface area contributed by atoms with E-state index >= 15 is 0 Å². The van der Waals surface area contributed by atoms with Crippen LogP contribution in [-0.2, 0) is 4.74 Å². The number of hydrogen-bond acceptors (Lipinski definition) is 4. The molecule has 0 atom stereocenters. The minimum atomic E-state index is -0.758. The third-order valence-corrected chi connectivity index (χ3v) is 3.86. The van der Waals surface area contributed by atoms with E-state index in [1.807, 2.05) is 0 Å². The van der Waals surface area contributed by atoms with Crippen molar-refractivity contribution < 1.29 is 9.53 Å². The molecular weight excluding hydrogens is 234 g/mol. The van der Waals surface area contributed by atoms with Gasteiger partial charge in [-0.05, 0) is 25.0 Å². The summed E-state index contributed by atoms with van der Waals surface area (Å²) in [6.45, 7) is 1.11. The number of ether oxygens (including phenoxy) is 1. The lowest BCUT2D eigenvalue weighted by Crippen LogP contribution is -2.51. The Kier molecular flexibility index (Phi) is 3.11. The highest BCUT2D eigenvalue weighted by molar-refractivity contribution is 7.18. The molecule has 0 amide bonds. The second-order valence-electron chi connectivity index (χ2n) is 3.70. The molecule has 0 saturated carbocycles. The molecule has 0 aromatic carbocycles. The van der Waals surface area contributed by atoms with Crippen LogP contribution in [0.3, 0.4) is 0 Å². The van der Waals surface area contributed by atoms with Gasteiger partial charge in [0.15, 0.2) is 5.78 Å². The van der Waals surface area contributed by atoms with Gasteiger partial charge in [0, 0.05) is 13.2 Å². The summed E-state index contributed by atoms with van der Waals surface area (Å²) >= 11 is 7.07. The van der Waals surface area contributed by atoms with Crippen LogP contribution in [0.25, 0.3) is 0 Å². The van der Waals surface area contributed by atoms with Crippen molar-refractivity contribution in [3.05, 3.63) is 21.3 Å². The van der Waals surface area contributed by atoms with Gasteiger partial charge >= 0.3 is 0 Å². The summed E-state index contributed by atoms with van der Waals surface area (Å²) in [5.41, 5.74) is 5.32. The smallest absolute Gasteiger partial charge is 0.192 e. The van der Waals surface area contributed by atoms with Gasteiger partial charge in [-0.25, -0.2) is 0 Å². The summed E-state index contributed by atoms with van der Waals surface area (Å²) in [4.78, 5) is 12.7. The minimum absolute atomic E-state index is 0.0114. The van der Waals surface area contributed by atoms with E-state index in [9.17, 15) is 4.79 Å². The van der Waals surface area contributed by atoms with Gasteiger partial charge in [0.05, 0.1) is 14.8 Å². The van der Waals surface area contributed by atoms with Crippen molar-refractivity contribution >= 4 is 28.7 Å². The summed E-state index contributed by atoms with van der Waals surface area (Å²) in [6.07, 6.45) is 1.17. The maximum absolute atomic E-state index is 12.1. The van der Waals surface area contributed by atoms with Gasteiger partial charge in [0.2, 0.25) is 0 Å². The van der Waals surface area contributed by atoms with Crippen LogP contribution >= 0.6 is 22.9 Å². The van der Waals surface area contributed by atoms with Gasteiger partial charge in [0.1, 0.15) is 0 Å². The Bertz CT molecular complexity index is 371. The Morgan fingerprint density at radius 2 is 2.13 bits per heavy atom. The molecule has 3 nitrogen and oxygen atoms in total. The summed E-state index contributed by atoms with van der Waals surface area (Å²) < 4.78 is 5.82. The summed E-state index contributed by atoms with van der Waals surface area (Å²) in [7, 11) is 0. The summed E-state index contributed by atoms with van der Waals surface area (Å²) in [6, 6.07) is 3.46. The van der Waals surface area contributed by atoms with Crippen LogP contribution < -0.4 is 5.73 Å². The Hall–Kier alpha value is -0.420. The van der Waals surface area contributed by atoms with E-state index in [4.69, 9.17) is 22.1 Å². The third-order valence-electron chi connectivity index (χ3n) is 2.63. The number of halogens is 1. The molecule has 1 aliphatic rings. The monoisotopic (exact) mass is 245 g/mol. The number of rotatable bonds is 2. The van der Waals surface area contributed by atoms with Crippen LogP contribution in [-0.4, -0.2) is 24.5 Å². The van der Waals surface area contributed by atoms with Gasteiger partial charge in [-0.3, -0.25) is 4.79 Å². The van der Waals surface area contributed by atoms with E-state index in [-0.39, 0.29) is 5.78 Å². The Labute approximate surface area is 97.2 Å². The van der Waals surface area contributed by atoms with Crippen molar-refractivity contribution in [2.24, 2.45) is 5.73 Å². The van der Waals surface area contributed by atoms with Crippen molar-refractivity contribution in [1.29, 1.82) is 0 Å². The number of hydrogen-bond donors (Lipinski definition) is 1. The molecule has 1 saturated heterocycles. The zero-order valence-corrected chi connectivity index (χ0v) is 9.74. The first-order valence-corrected chi connectivity index (χ1v) is 5.98. The van der Waals surface area contributed by atoms with E-state index in [1.165, 1.54) is 11.3 Å². The zero-order chi connectivity index (χ0) is 10.9. The first-order valence-electron chi connectivity index (χ1n) is 4.79. The normalized spacial score (nSPS) is 20.1. The van der Waals surface area contributed by atoms with Crippen LogP contribution in [0, 0.1) is 0 Å². The Balaban J connectivity index is 2.19. The highest BCUT2D eigenvalue weighted by Gasteiger charge is 2.36. The van der Waals surface area contributed by atoms with Gasteiger partial charge in [-0.15, -0.1) is 11.3 Å². The van der Waals surface area contributed by atoms with Gasteiger partial charge in [-0.2, -0.15) is 0 Å². The van der Waals surface area contributed by atoms with Crippen molar-refractivity contribution in [3.63, 3.8) is 0 Å². The minimum Gasteiger partial charge on any atom is -0.381 e. The van der Waals surface area contributed by atoms with E-state index < -0.39 is 5.54 Å². The molecule has 82 valence electrons. The van der Waals surface area contributed by atoms with Gasteiger partial charge < -0.3 is 10.5 Å². The molecule has 1 aliphatic heterocycles. The molecule has 0 spiro atoms. The lowest BCUT2D eigenvalue weighted by Gasteiger charge is -2.31. The fourth-order valence-electron chi connectivity index (χ4n) is 1.64. The molecule has 2 heterocycles. The molecule has 2 N–H and O–H groups in total. The molecule has 1 fully saturated rings. The highest BCUT2D eigenvalue weighted by atomic mass is 35.5. The average Bonchev–Trinajstić information content (AvgIpc) is 2.65. The number of thiophene rings is 1. The van der Waals surface area contributed by atoms with Crippen LogP contribution in [0.15, 0.2) is 12.1 Å². The fraction of sp³-hybridized carbons (Fsp3) is 0.500. The zero-order valence-electron chi connectivity index (χ0n) is 8.16. The molecule has 1 aromatic heterocycles. The topological polar surface area (TPSA) is 52.3 Å². The molecule has 0 unspecified atom stereocenters. The first kappa shape index (κ1) is 11.1. The van der Waals surface area contributed by atoms with E-state index in [0.717, 1.165) is 0 Å². The molecule has 2 rings (SSSR count). The number of nitrogens with two attached hydrogens (primary N) is 1. The quantitative estimate of drug-likeness (QED) is 0.812. The largest absolute Gasteiger partial charge is 0.381 e. The molecule has 0 bridgehead atoms. The van der Waals surface area contributed by atoms with Crippen molar-refractivity contribution in [1.82, 2.24) is 0 Å². The maximum atomic E-state index is 12.1. The molecular formula is C10H12ClNO2S. The summed E-state index contributed by atoms with van der Waals surface area (Å²) in [5, 5.41) is 0.